The number of rotatable bonds is 10. The molecule has 166 valence electrons. The van der Waals surface area contributed by atoms with E-state index in [0.29, 0.717) is 13.1 Å². The van der Waals surface area contributed by atoms with Crippen molar-refractivity contribution in [3.63, 3.8) is 0 Å². The van der Waals surface area contributed by atoms with Crippen LogP contribution in [0.2, 0.25) is 5.02 Å². The molecule has 0 saturated heterocycles. The van der Waals surface area contributed by atoms with Crippen LogP contribution in [0.25, 0.3) is 11.1 Å². The van der Waals surface area contributed by atoms with E-state index < -0.39 is 17.9 Å². The van der Waals surface area contributed by atoms with Crippen LogP contribution < -0.4 is 10.6 Å². The van der Waals surface area contributed by atoms with Crippen LogP contribution in [-0.4, -0.2) is 41.3 Å². The van der Waals surface area contributed by atoms with Gasteiger partial charge in [-0.15, -0.1) is 0 Å². The Morgan fingerprint density at radius 1 is 0.875 bits per heavy atom. The molecule has 3 aromatic rings. The van der Waals surface area contributed by atoms with E-state index in [0.717, 1.165) is 22.3 Å². The zero-order valence-electron chi connectivity index (χ0n) is 17.4. The lowest BCUT2D eigenvalue weighted by atomic mass is 9.99. The molecule has 0 aliphatic heterocycles. The summed E-state index contributed by atoms with van der Waals surface area (Å²) in [5.41, 5.74) is 4.22. The van der Waals surface area contributed by atoms with Crippen LogP contribution >= 0.6 is 11.6 Å². The van der Waals surface area contributed by atoms with Gasteiger partial charge in [-0.1, -0.05) is 72.3 Å². The van der Waals surface area contributed by atoms with Gasteiger partial charge in [0.15, 0.2) is 0 Å². The second-order valence-electron chi connectivity index (χ2n) is 7.34. The van der Waals surface area contributed by atoms with Gasteiger partial charge in [-0.05, 0) is 34.4 Å². The predicted molar refractivity (Wildman–Crippen MR) is 125 cm³/mol. The standard InChI is InChI=1S/C25H25ClN2O4/c26-22-4-2-1-3-21(22)24(30)28-23(25(31)32)15-17-5-9-19(10-6-17)20-11-7-18(8-12-20)16-27-13-14-29/h1-12,23,27,29H,13-16H2,(H,28,30)(H,31,32). The number of amides is 1. The van der Waals surface area contributed by atoms with Crippen LogP contribution in [0, 0.1) is 0 Å². The second kappa shape index (κ2) is 11.4. The van der Waals surface area contributed by atoms with Gasteiger partial charge in [-0.25, -0.2) is 4.79 Å². The maximum atomic E-state index is 12.4. The smallest absolute Gasteiger partial charge is 0.326 e. The van der Waals surface area contributed by atoms with E-state index in [1.54, 1.807) is 24.3 Å². The number of hydrogen-bond acceptors (Lipinski definition) is 4. The van der Waals surface area contributed by atoms with Crippen LogP contribution in [0.15, 0.2) is 72.8 Å². The minimum absolute atomic E-state index is 0.108. The van der Waals surface area contributed by atoms with Crippen molar-refractivity contribution >= 4 is 23.5 Å². The zero-order valence-corrected chi connectivity index (χ0v) is 18.2. The first-order valence-electron chi connectivity index (χ1n) is 10.3. The molecule has 32 heavy (non-hydrogen) atoms. The van der Waals surface area contributed by atoms with Gasteiger partial charge in [0, 0.05) is 19.5 Å². The molecule has 0 fully saturated rings. The van der Waals surface area contributed by atoms with Crippen LogP contribution in [0.4, 0.5) is 0 Å². The number of carboxylic acid groups (broad SMARTS) is 1. The number of aliphatic hydroxyl groups excluding tert-OH is 1. The van der Waals surface area contributed by atoms with E-state index >= 15 is 0 Å². The van der Waals surface area contributed by atoms with E-state index in [9.17, 15) is 14.7 Å². The third-order valence-electron chi connectivity index (χ3n) is 5.02. The van der Waals surface area contributed by atoms with E-state index in [4.69, 9.17) is 16.7 Å². The van der Waals surface area contributed by atoms with Crippen molar-refractivity contribution in [2.24, 2.45) is 0 Å². The zero-order chi connectivity index (χ0) is 22.9. The van der Waals surface area contributed by atoms with E-state index in [1.807, 2.05) is 48.5 Å². The van der Waals surface area contributed by atoms with E-state index in [-0.39, 0.29) is 23.6 Å². The molecular weight excluding hydrogens is 428 g/mol. The highest BCUT2D eigenvalue weighted by molar-refractivity contribution is 6.33. The molecule has 6 nitrogen and oxygen atoms in total. The van der Waals surface area contributed by atoms with E-state index in [1.165, 1.54) is 0 Å². The van der Waals surface area contributed by atoms with Gasteiger partial charge >= 0.3 is 5.97 Å². The Kier molecular flexibility index (Phi) is 8.39. The summed E-state index contributed by atoms with van der Waals surface area (Å²) in [6.45, 7) is 1.35. The Morgan fingerprint density at radius 3 is 2.03 bits per heavy atom. The highest BCUT2D eigenvalue weighted by atomic mass is 35.5. The lowest BCUT2D eigenvalue weighted by Crippen LogP contribution is -2.42. The summed E-state index contributed by atoms with van der Waals surface area (Å²) in [6.07, 6.45) is 0.154. The largest absolute Gasteiger partial charge is 0.480 e. The third kappa shape index (κ3) is 6.40. The molecule has 1 unspecified atom stereocenters. The first-order valence-corrected chi connectivity index (χ1v) is 10.6. The molecule has 0 saturated carbocycles. The lowest BCUT2D eigenvalue weighted by Gasteiger charge is -2.15. The van der Waals surface area contributed by atoms with Gasteiger partial charge in [0.05, 0.1) is 17.2 Å². The number of carboxylic acids is 1. The molecule has 1 amide bonds. The molecule has 3 aromatic carbocycles. The number of hydrogen-bond donors (Lipinski definition) is 4. The minimum Gasteiger partial charge on any atom is -0.480 e. The first-order chi connectivity index (χ1) is 15.5. The molecule has 1 atom stereocenters. The van der Waals surface area contributed by atoms with Crippen molar-refractivity contribution in [1.82, 2.24) is 10.6 Å². The van der Waals surface area contributed by atoms with Gasteiger partial charge in [0.2, 0.25) is 0 Å². The summed E-state index contributed by atoms with van der Waals surface area (Å²) in [7, 11) is 0. The molecular formula is C25H25ClN2O4. The summed E-state index contributed by atoms with van der Waals surface area (Å²) in [4.78, 5) is 24.1. The number of aliphatic carboxylic acids is 1. The monoisotopic (exact) mass is 452 g/mol. The van der Waals surface area contributed by atoms with Crippen LogP contribution in [0.1, 0.15) is 21.5 Å². The van der Waals surface area contributed by atoms with Crippen molar-refractivity contribution in [2.45, 2.75) is 19.0 Å². The average Bonchev–Trinajstić information content (AvgIpc) is 2.80. The Balaban J connectivity index is 1.64. The number of carbonyl (C=O) groups excluding carboxylic acids is 1. The van der Waals surface area contributed by atoms with Crippen molar-refractivity contribution < 1.29 is 19.8 Å². The minimum atomic E-state index is -1.11. The number of halogens is 1. The van der Waals surface area contributed by atoms with Crippen molar-refractivity contribution in [3.05, 3.63) is 94.5 Å². The normalized spacial score (nSPS) is 11.7. The van der Waals surface area contributed by atoms with Gasteiger partial charge in [-0.2, -0.15) is 0 Å². The molecule has 0 bridgehead atoms. The molecule has 0 heterocycles. The predicted octanol–water partition coefficient (Wildman–Crippen LogP) is 3.51. The average molecular weight is 453 g/mol. The molecule has 0 radical (unpaired) electrons. The van der Waals surface area contributed by atoms with Crippen LogP contribution in [0.3, 0.4) is 0 Å². The molecule has 7 heteroatoms. The summed E-state index contributed by atoms with van der Waals surface area (Å²) in [5.74, 6) is -1.63. The van der Waals surface area contributed by atoms with E-state index in [2.05, 4.69) is 10.6 Å². The molecule has 0 aliphatic rings. The summed E-state index contributed by atoms with van der Waals surface area (Å²) >= 11 is 6.04. The van der Waals surface area contributed by atoms with Crippen molar-refractivity contribution in [2.75, 3.05) is 13.2 Å². The molecule has 0 aromatic heterocycles. The Bertz CT molecular complexity index is 1050. The van der Waals surface area contributed by atoms with Crippen LogP contribution in [0.5, 0.6) is 0 Å². The fraction of sp³-hybridized carbons (Fsp3) is 0.200. The second-order valence-corrected chi connectivity index (χ2v) is 7.75. The lowest BCUT2D eigenvalue weighted by molar-refractivity contribution is -0.139. The van der Waals surface area contributed by atoms with Gasteiger partial charge in [-0.3, -0.25) is 4.79 Å². The first kappa shape index (κ1) is 23.5. The Hall–Kier alpha value is -3.19. The van der Waals surface area contributed by atoms with Gasteiger partial charge in [0.25, 0.3) is 5.91 Å². The molecule has 0 aliphatic carbocycles. The van der Waals surface area contributed by atoms with Gasteiger partial charge < -0.3 is 20.8 Å². The van der Waals surface area contributed by atoms with Crippen LogP contribution in [-0.2, 0) is 17.8 Å². The summed E-state index contributed by atoms with van der Waals surface area (Å²) < 4.78 is 0. The maximum Gasteiger partial charge on any atom is 0.326 e. The molecule has 0 spiro atoms. The highest BCUT2D eigenvalue weighted by Crippen LogP contribution is 2.21. The number of aliphatic hydroxyl groups is 1. The third-order valence-corrected chi connectivity index (χ3v) is 5.35. The Morgan fingerprint density at radius 2 is 1.47 bits per heavy atom. The highest BCUT2D eigenvalue weighted by Gasteiger charge is 2.22. The Labute approximate surface area is 191 Å². The van der Waals surface area contributed by atoms with Gasteiger partial charge in [0.1, 0.15) is 6.04 Å². The summed E-state index contributed by atoms with van der Waals surface area (Å²) in [5, 5.41) is 24.4. The number of benzene rings is 3. The summed E-state index contributed by atoms with van der Waals surface area (Å²) in [6, 6.07) is 21.1. The van der Waals surface area contributed by atoms with Crippen molar-refractivity contribution in [1.29, 1.82) is 0 Å². The molecule has 3 rings (SSSR count). The quantitative estimate of drug-likeness (QED) is 0.353. The number of nitrogens with one attached hydrogen (secondary N) is 2. The SMILES string of the molecule is O=C(NC(Cc1ccc(-c2ccc(CNCCO)cc2)cc1)C(=O)O)c1ccccc1Cl. The fourth-order valence-corrected chi connectivity index (χ4v) is 3.50. The number of carbonyl (C=O) groups is 2. The molecule has 4 N–H and O–H groups in total. The maximum absolute atomic E-state index is 12.4. The van der Waals surface area contributed by atoms with Crippen molar-refractivity contribution in [3.8, 4) is 11.1 Å². The fourth-order valence-electron chi connectivity index (χ4n) is 3.28. The topological polar surface area (TPSA) is 98.7 Å².